The monoisotopic (exact) mass is 242 g/mol. The predicted molar refractivity (Wildman–Crippen MR) is 72.4 cm³/mol. The lowest BCUT2D eigenvalue weighted by atomic mass is 10.1. The lowest BCUT2D eigenvalue weighted by Gasteiger charge is -1.98. The van der Waals surface area contributed by atoms with Gasteiger partial charge in [-0.1, -0.05) is 6.92 Å². The number of aromatic amines is 2. The van der Waals surface area contributed by atoms with Crippen molar-refractivity contribution in [3.63, 3.8) is 0 Å². The molecule has 0 fully saturated rings. The summed E-state index contributed by atoms with van der Waals surface area (Å²) in [5, 5.41) is 2.01. The molecule has 0 saturated carbocycles. The van der Waals surface area contributed by atoms with Gasteiger partial charge in [-0.2, -0.15) is 0 Å². The summed E-state index contributed by atoms with van der Waals surface area (Å²) >= 11 is 0. The van der Waals surface area contributed by atoms with E-state index in [0.717, 1.165) is 39.7 Å². The van der Waals surface area contributed by atoms with E-state index < -0.39 is 0 Å². The number of pyridine rings is 1. The number of fused-ring (bicyclic) bond motifs is 3. The molecule has 2 heterocycles. The molecule has 18 heavy (non-hydrogen) atoms. The van der Waals surface area contributed by atoms with Gasteiger partial charge in [0.2, 0.25) is 5.56 Å². The Kier molecular flexibility index (Phi) is 2.37. The minimum atomic E-state index is -0.0592. The third-order valence-corrected chi connectivity index (χ3v) is 3.25. The molecule has 0 aliphatic carbocycles. The van der Waals surface area contributed by atoms with Gasteiger partial charge >= 0.3 is 0 Å². The van der Waals surface area contributed by atoms with Gasteiger partial charge in [0.1, 0.15) is 5.75 Å². The average Bonchev–Trinajstić information content (AvgIpc) is 2.75. The number of nitrogens with one attached hydrogen (secondary N) is 2. The minimum absolute atomic E-state index is 0.0592. The fourth-order valence-corrected chi connectivity index (χ4v) is 2.36. The Labute approximate surface area is 104 Å². The van der Waals surface area contributed by atoms with Crippen LogP contribution in [0.5, 0.6) is 5.75 Å². The van der Waals surface area contributed by atoms with Gasteiger partial charge in [0.25, 0.3) is 0 Å². The molecule has 92 valence electrons. The molecule has 2 N–H and O–H groups in total. The van der Waals surface area contributed by atoms with E-state index in [4.69, 9.17) is 4.74 Å². The van der Waals surface area contributed by atoms with Crippen LogP contribution in [-0.4, -0.2) is 17.1 Å². The summed E-state index contributed by atoms with van der Waals surface area (Å²) in [7, 11) is 1.64. The molecule has 3 aromatic rings. The van der Waals surface area contributed by atoms with E-state index in [-0.39, 0.29) is 5.56 Å². The van der Waals surface area contributed by atoms with Crippen molar-refractivity contribution in [2.24, 2.45) is 0 Å². The van der Waals surface area contributed by atoms with Gasteiger partial charge in [0.05, 0.1) is 18.1 Å². The molecule has 4 nitrogen and oxygen atoms in total. The van der Waals surface area contributed by atoms with Crippen LogP contribution in [0.15, 0.2) is 29.1 Å². The van der Waals surface area contributed by atoms with E-state index in [0.29, 0.717) is 0 Å². The van der Waals surface area contributed by atoms with Crippen LogP contribution >= 0.6 is 0 Å². The summed E-state index contributed by atoms with van der Waals surface area (Å²) in [5.41, 5.74) is 2.86. The van der Waals surface area contributed by atoms with Crippen LogP contribution in [0.3, 0.4) is 0 Å². The maximum atomic E-state index is 11.6. The number of ether oxygens (including phenoxy) is 1. The summed E-state index contributed by atoms with van der Waals surface area (Å²) in [6.45, 7) is 2.02. The molecule has 0 spiro atoms. The SMILES string of the molecule is CCc1[nH]c(=O)cc2c1[nH]c1cc(OC)ccc12. The summed E-state index contributed by atoms with van der Waals surface area (Å²) in [4.78, 5) is 17.9. The van der Waals surface area contributed by atoms with Crippen LogP contribution in [0.25, 0.3) is 21.8 Å². The zero-order valence-corrected chi connectivity index (χ0v) is 10.3. The number of methoxy groups -OCH3 is 1. The molecule has 0 radical (unpaired) electrons. The van der Waals surface area contributed by atoms with Crippen molar-refractivity contribution in [1.29, 1.82) is 0 Å². The first kappa shape index (κ1) is 10.9. The third kappa shape index (κ3) is 1.49. The van der Waals surface area contributed by atoms with E-state index in [1.165, 1.54) is 0 Å². The number of aryl methyl sites for hydroxylation is 1. The van der Waals surface area contributed by atoms with E-state index in [2.05, 4.69) is 9.97 Å². The van der Waals surface area contributed by atoms with Gasteiger partial charge in [-0.15, -0.1) is 0 Å². The van der Waals surface area contributed by atoms with Crippen LogP contribution < -0.4 is 10.3 Å². The lowest BCUT2D eigenvalue weighted by molar-refractivity contribution is 0.415. The Morgan fingerprint density at radius 1 is 1.17 bits per heavy atom. The van der Waals surface area contributed by atoms with Crippen LogP contribution in [0.1, 0.15) is 12.6 Å². The van der Waals surface area contributed by atoms with Crippen LogP contribution in [0, 0.1) is 0 Å². The smallest absolute Gasteiger partial charge is 0.248 e. The van der Waals surface area contributed by atoms with Crippen molar-refractivity contribution in [2.45, 2.75) is 13.3 Å². The van der Waals surface area contributed by atoms with Crippen molar-refractivity contribution < 1.29 is 4.74 Å². The largest absolute Gasteiger partial charge is 0.497 e. The van der Waals surface area contributed by atoms with Crippen molar-refractivity contribution in [3.8, 4) is 5.75 Å². The molecule has 0 saturated heterocycles. The molecular formula is C14H14N2O2. The molecule has 0 aliphatic rings. The molecule has 4 heteroatoms. The van der Waals surface area contributed by atoms with Gasteiger partial charge in [-0.3, -0.25) is 4.79 Å². The highest BCUT2D eigenvalue weighted by atomic mass is 16.5. The summed E-state index contributed by atoms with van der Waals surface area (Å²) < 4.78 is 5.21. The number of rotatable bonds is 2. The zero-order chi connectivity index (χ0) is 12.7. The Morgan fingerprint density at radius 2 is 2.00 bits per heavy atom. The first-order chi connectivity index (χ1) is 8.72. The number of hydrogen-bond donors (Lipinski definition) is 2. The maximum Gasteiger partial charge on any atom is 0.248 e. The van der Waals surface area contributed by atoms with E-state index in [9.17, 15) is 4.79 Å². The van der Waals surface area contributed by atoms with Gasteiger partial charge in [0.15, 0.2) is 0 Å². The van der Waals surface area contributed by atoms with E-state index in [1.54, 1.807) is 13.2 Å². The molecule has 3 rings (SSSR count). The summed E-state index contributed by atoms with van der Waals surface area (Å²) in [6.07, 6.45) is 0.788. The maximum absolute atomic E-state index is 11.6. The number of aromatic nitrogens is 2. The fourth-order valence-electron chi connectivity index (χ4n) is 2.36. The average molecular weight is 242 g/mol. The zero-order valence-electron chi connectivity index (χ0n) is 10.3. The first-order valence-corrected chi connectivity index (χ1v) is 5.94. The highest BCUT2D eigenvalue weighted by Gasteiger charge is 2.09. The number of benzene rings is 1. The highest BCUT2D eigenvalue weighted by Crippen LogP contribution is 2.28. The van der Waals surface area contributed by atoms with Gasteiger partial charge in [-0.25, -0.2) is 0 Å². The second-order valence-electron chi connectivity index (χ2n) is 4.29. The van der Waals surface area contributed by atoms with Crippen molar-refractivity contribution in [2.75, 3.05) is 7.11 Å². The Balaban J connectivity index is 2.46. The molecule has 0 atom stereocenters. The second-order valence-corrected chi connectivity index (χ2v) is 4.29. The standard InChI is InChI=1S/C14H14N2O2/c1-3-11-14-10(7-13(17)15-11)9-5-4-8(18-2)6-12(9)16-14/h4-7,16H,3H2,1-2H3,(H,15,17). The van der Waals surface area contributed by atoms with Crippen LogP contribution in [0.4, 0.5) is 0 Å². The van der Waals surface area contributed by atoms with Crippen LogP contribution in [-0.2, 0) is 6.42 Å². The predicted octanol–water partition coefficient (Wildman–Crippen LogP) is 2.58. The van der Waals surface area contributed by atoms with Gasteiger partial charge in [0, 0.05) is 28.6 Å². The topological polar surface area (TPSA) is 57.9 Å². The third-order valence-electron chi connectivity index (χ3n) is 3.25. The molecule has 0 bridgehead atoms. The molecular weight excluding hydrogens is 228 g/mol. The van der Waals surface area contributed by atoms with E-state index in [1.807, 2.05) is 25.1 Å². The minimum Gasteiger partial charge on any atom is -0.497 e. The molecule has 0 unspecified atom stereocenters. The highest BCUT2D eigenvalue weighted by molar-refractivity contribution is 6.08. The number of H-pyrrole nitrogens is 2. The number of hydrogen-bond acceptors (Lipinski definition) is 2. The second kappa shape index (κ2) is 3.91. The Morgan fingerprint density at radius 3 is 2.72 bits per heavy atom. The Bertz CT molecular complexity index is 783. The van der Waals surface area contributed by atoms with Gasteiger partial charge in [-0.05, 0) is 18.6 Å². The quantitative estimate of drug-likeness (QED) is 0.725. The molecule has 0 amide bonds. The molecule has 1 aromatic carbocycles. The first-order valence-electron chi connectivity index (χ1n) is 5.94. The van der Waals surface area contributed by atoms with E-state index >= 15 is 0 Å². The van der Waals surface area contributed by atoms with Crippen molar-refractivity contribution in [1.82, 2.24) is 9.97 Å². The van der Waals surface area contributed by atoms with Gasteiger partial charge < -0.3 is 14.7 Å². The van der Waals surface area contributed by atoms with Crippen molar-refractivity contribution >= 4 is 21.8 Å². The summed E-state index contributed by atoms with van der Waals surface area (Å²) in [5.74, 6) is 0.804. The fraction of sp³-hybridized carbons (Fsp3) is 0.214. The summed E-state index contributed by atoms with van der Waals surface area (Å²) in [6, 6.07) is 7.47. The lowest BCUT2D eigenvalue weighted by Crippen LogP contribution is -2.06. The van der Waals surface area contributed by atoms with Crippen molar-refractivity contribution in [3.05, 3.63) is 40.3 Å². The normalized spacial score (nSPS) is 11.2. The Hall–Kier alpha value is -2.23. The molecule has 0 aliphatic heterocycles. The molecule has 2 aromatic heterocycles. The van der Waals surface area contributed by atoms with Crippen LogP contribution in [0.2, 0.25) is 0 Å².